The molecule has 0 bridgehead atoms. The molecule has 1 aromatic carbocycles. The van der Waals surface area contributed by atoms with Gasteiger partial charge in [-0.15, -0.1) is 0 Å². The van der Waals surface area contributed by atoms with E-state index in [9.17, 15) is 4.79 Å². The van der Waals surface area contributed by atoms with Crippen LogP contribution in [0.2, 0.25) is 0 Å². The first-order valence-electron chi connectivity index (χ1n) is 4.70. The largest absolute Gasteiger partial charge is 0.459 e. The van der Waals surface area contributed by atoms with E-state index >= 15 is 0 Å². The van der Waals surface area contributed by atoms with E-state index in [-0.39, 0.29) is 12.1 Å². The van der Waals surface area contributed by atoms with Crippen molar-refractivity contribution in [2.45, 2.75) is 25.3 Å². The van der Waals surface area contributed by atoms with E-state index in [4.69, 9.17) is 12.6 Å². The highest BCUT2D eigenvalue weighted by molar-refractivity contribution is 9.08. The van der Waals surface area contributed by atoms with E-state index in [1.54, 1.807) is 18.2 Å². The summed E-state index contributed by atoms with van der Waals surface area (Å²) in [5.41, 5.74) is 2.06. The van der Waals surface area contributed by atoms with Gasteiger partial charge in [0.2, 0.25) is 0 Å². The topological polar surface area (TPSA) is 26.3 Å². The van der Waals surface area contributed by atoms with Crippen molar-refractivity contribution >= 4 is 35.2 Å². The molecule has 0 aliphatic rings. The van der Waals surface area contributed by atoms with Crippen LogP contribution in [0.4, 0.5) is 0 Å². The van der Waals surface area contributed by atoms with Crippen molar-refractivity contribution in [2.75, 3.05) is 0 Å². The lowest BCUT2D eigenvalue weighted by Crippen LogP contribution is -2.15. The molecular formula is C11H12BBrO2. The fourth-order valence-corrected chi connectivity index (χ4v) is 1.66. The Morgan fingerprint density at radius 2 is 2.20 bits per heavy atom. The molecule has 0 atom stereocenters. The molecule has 0 amide bonds. The molecule has 2 radical (unpaired) electrons. The Hall–Kier alpha value is -0.765. The summed E-state index contributed by atoms with van der Waals surface area (Å²) in [5.74, 6) is -0.306. The maximum absolute atomic E-state index is 11.7. The van der Waals surface area contributed by atoms with Crippen molar-refractivity contribution in [1.82, 2.24) is 0 Å². The molecule has 2 nitrogen and oxygen atoms in total. The monoisotopic (exact) mass is 266 g/mol. The highest BCUT2D eigenvalue weighted by Gasteiger charge is 2.13. The number of carbonyl (C=O) groups is 1. The molecule has 0 heterocycles. The smallest absolute Gasteiger partial charge is 0.338 e. The fraction of sp³-hybridized carbons (Fsp3) is 0.364. The summed E-state index contributed by atoms with van der Waals surface area (Å²) in [6.07, 6.45) is -0.113. The predicted molar refractivity (Wildman–Crippen MR) is 65.0 cm³/mol. The third-order valence-corrected chi connectivity index (χ3v) is 2.44. The van der Waals surface area contributed by atoms with Gasteiger partial charge in [-0.3, -0.25) is 0 Å². The van der Waals surface area contributed by atoms with Crippen LogP contribution in [0, 0.1) is 0 Å². The normalized spacial score (nSPS) is 10.4. The minimum Gasteiger partial charge on any atom is -0.459 e. The number of hydrogen-bond acceptors (Lipinski definition) is 2. The second-order valence-electron chi connectivity index (χ2n) is 3.50. The van der Waals surface area contributed by atoms with Crippen molar-refractivity contribution in [3.05, 3.63) is 29.3 Å². The lowest BCUT2D eigenvalue weighted by atomic mass is 9.92. The minimum absolute atomic E-state index is 0.113. The molecule has 0 aliphatic heterocycles. The summed E-state index contributed by atoms with van der Waals surface area (Å²) in [6.45, 7) is 3.64. The lowest BCUT2D eigenvalue weighted by molar-refractivity contribution is 0.0377. The first-order chi connectivity index (χ1) is 7.04. The van der Waals surface area contributed by atoms with Crippen LogP contribution in [-0.4, -0.2) is 19.9 Å². The van der Waals surface area contributed by atoms with E-state index in [2.05, 4.69) is 15.9 Å². The maximum Gasteiger partial charge on any atom is 0.338 e. The molecule has 15 heavy (non-hydrogen) atoms. The summed E-state index contributed by atoms with van der Waals surface area (Å²) < 4.78 is 5.12. The zero-order chi connectivity index (χ0) is 11.4. The van der Waals surface area contributed by atoms with Crippen LogP contribution >= 0.6 is 15.9 Å². The molecule has 0 spiro atoms. The van der Waals surface area contributed by atoms with Crippen molar-refractivity contribution in [3.63, 3.8) is 0 Å². The summed E-state index contributed by atoms with van der Waals surface area (Å²) in [4.78, 5) is 11.7. The zero-order valence-electron chi connectivity index (χ0n) is 8.79. The van der Waals surface area contributed by atoms with Gasteiger partial charge in [-0.2, -0.15) is 0 Å². The predicted octanol–water partition coefficient (Wildman–Crippen LogP) is 1.94. The third kappa shape index (κ3) is 3.38. The number of ether oxygens (including phenoxy) is 1. The van der Waals surface area contributed by atoms with Crippen LogP contribution in [0.1, 0.15) is 29.8 Å². The number of hydrogen-bond donors (Lipinski definition) is 0. The van der Waals surface area contributed by atoms with Crippen molar-refractivity contribution < 1.29 is 9.53 Å². The maximum atomic E-state index is 11.7. The average Bonchev–Trinajstić information content (AvgIpc) is 2.16. The quantitative estimate of drug-likeness (QED) is 0.475. The number of halogens is 1. The van der Waals surface area contributed by atoms with Crippen LogP contribution < -0.4 is 5.46 Å². The number of rotatable bonds is 3. The van der Waals surface area contributed by atoms with Gasteiger partial charge in [-0.1, -0.05) is 33.5 Å². The van der Waals surface area contributed by atoms with Gasteiger partial charge in [0.15, 0.2) is 0 Å². The molecule has 4 heteroatoms. The Kier molecular flexibility index (Phi) is 4.39. The van der Waals surface area contributed by atoms with Crippen molar-refractivity contribution in [3.8, 4) is 0 Å². The molecule has 0 saturated carbocycles. The van der Waals surface area contributed by atoms with Crippen molar-refractivity contribution in [2.24, 2.45) is 0 Å². The van der Waals surface area contributed by atoms with Crippen molar-refractivity contribution in [1.29, 1.82) is 0 Å². The molecule has 0 fully saturated rings. The zero-order valence-corrected chi connectivity index (χ0v) is 10.4. The highest BCUT2D eigenvalue weighted by atomic mass is 79.9. The number of alkyl halides is 1. The van der Waals surface area contributed by atoms with Gasteiger partial charge in [0.25, 0.3) is 0 Å². The third-order valence-electron chi connectivity index (χ3n) is 1.84. The van der Waals surface area contributed by atoms with E-state index in [0.29, 0.717) is 16.4 Å². The van der Waals surface area contributed by atoms with Gasteiger partial charge >= 0.3 is 5.97 Å². The van der Waals surface area contributed by atoms with E-state index < -0.39 is 0 Å². The van der Waals surface area contributed by atoms with Gasteiger partial charge in [-0.05, 0) is 25.5 Å². The molecule has 0 unspecified atom stereocenters. The van der Waals surface area contributed by atoms with E-state index in [1.807, 2.05) is 13.8 Å². The Labute approximate surface area is 99.6 Å². The molecule has 0 aromatic heterocycles. The van der Waals surface area contributed by atoms with Crippen LogP contribution in [0.25, 0.3) is 0 Å². The van der Waals surface area contributed by atoms with Gasteiger partial charge in [0.05, 0.1) is 11.7 Å². The summed E-state index contributed by atoms with van der Waals surface area (Å²) in [7, 11) is 5.63. The Morgan fingerprint density at radius 3 is 2.73 bits per heavy atom. The molecule has 1 rings (SSSR count). The second kappa shape index (κ2) is 5.35. The molecule has 1 aromatic rings. The first-order valence-corrected chi connectivity index (χ1v) is 5.82. The van der Waals surface area contributed by atoms with Crippen LogP contribution in [-0.2, 0) is 10.1 Å². The van der Waals surface area contributed by atoms with Crippen LogP contribution in [0.15, 0.2) is 18.2 Å². The summed E-state index contributed by atoms with van der Waals surface area (Å²) in [5, 5.41) is 0.584. The van der Waals surface area contributed by atoms with Gasteiger partial charge < -0.3 is 4.74 Å². The van der Waals surface area contributed by atoms with Gasteiger partial charge in [0.1, 0.15) is 7.85 Å². The number of esters is 1. The molecule has 0 aliphatic carbocycles. The second-order valence-corrected chi connectivity index (χ2v) is 4.07. The Bertz CT molecular complexity index is 364. The summed E-state index contributed by atoms with van der Waals surface area (Å²) in [6, 6.07) is 5.16. The molecule has 0 N–H and O–H groups in total. The van der Waals surface area contributed by atoms with E-state index in [0.717, 1.165) is 5.56 Å². The SMILES string of the molecule is [B]c1ccc(C(=O)OC(C)C)c(CBr)c1. The number of carbonyl (C=O) groups excluding carboxylic acids is 1. The number of benzene rings is 1. The summed E-state index contributed by atoms with van der Waals surface area (Å²) >= 11 is 3.31. The molecular weight excluding hydrogens is 255 g/mol. The van der Waals surface area contributed by atoms with Gasteiger partial charge in [-0.25, -0.2) is 4.79 Å². The molecule has 78 valence electrons. The average molecular weight is 267 g/mol. The first kappa shape index (κ1) is 12.3. The molecule has 0 saturated heterocycles. The minimum atomic E-state index is -0.306. The highest BCUT2D eigenvalue weighted by Crippen LogP contribution is 2.13. The van der Waals surface area contributed by atoms with Crippen LogP contribution in [0.5, 0.6) is 0 Å². The Morgan fingerprint density at radius 1 is 1.53 bits per heavy atom. The van der Waals surface area contributed by atoms with E-state index in [1.165, 1.54) is 0 Å². The van der Waals surface area contributed by atoms with Crippen LogP contribution in [0.3, 0.4) is 0 Å². The fourth-order valence-electron chi connectivity index (χ4n) is 1.20. The Balaban J connectivity index is 2.97. The lowest BCUT2D eigenvalue weighted by Gasteiger charge is -2.11. The standard InChI is InChI=1S/C11H12BBrO2/c1-7(2)15-11(14)10-4-3-9(12)5-8(10)6-13/h3-5,7H,6H2,1-2H3. The van der Waals surface area contributed by atoms with Gasteiger partial charge in [0, 0.05) is 5.33 Å².